The van der Waals surface area contributed by atoms with Crippen molar-refractivity contribution in [3.63, 3.8) is 0 Å². The van der Waals surface area contributed by atoms with Crippen molar-refractivity contribution in [2.75, 3.05) is 20.2 Å². The fourth-order valence-corrected chi connectivity index (χ4v) is 2.99. The first-order chi connectivity index (χ1) is 11.8. The number of hydrogen-bond donors (Lipinski definition) is 0. The van der Waals surface area contributed by atoms with Gasteiger partial charge in [-0.25, -0.2) is 4.79 Å². The third-order valence-electron chi connectivity index (χ3n) is 4.40. The van der Waals surface area contributed by atoms with Gasteiger partial charge in [0.2, 0.25) is 0 Å². The molecule has 0 saturated carbocycles. The predicted molar refractivity (Wildman–Crippen MR) is 93.1 cm³/mol. The highest BCUT2D eigenvalue weighted by Crippen LogP contribution is 2.18. The Bertz CT molecular complexity index is 676. The molecule has 2 aromatic carbocycles. The van der Waals surface area contributed by atoms with Gasteiger partial charge in [0.25, 0.3) is 0 Å². The van der Waals surface area contributed by atoms with Crippen LogP contribution in [-0.2, 0) is 17.9 Å². The Hall–Kier alpha value is -2.33. The minimum Gasteiger partial charge on any atom is -0.497 e. The first-order valence-corrected chi connectivity index (χ1v) is 8.36. The van der Waals surface area contributed by atoms with E-state index in [0.717, 1.165) is 30.9 Å². The molecule has 0 atom stereocenters. The average molecular weight is 325 g/mol. The van der Waals surface area contributed by atoms with E-state index in [1.807, 2.05) is 18.2 Å². The second kappa shape index (κ2) is 7.97. The quantitative estimate of drug-likeness (QED) is 0.760. The van der Waals surface area contributed by atoms with Crippen molar-refractivity contribution in [3.05, 3.63) is 65.2 Å². The van der Waals surface area contributed by atoms with Crippen LogP contribution in [0.25, 0.3) is 0 Å². The SMILES string of the molecule is COc1ccc(C(=O)OCc2ccccc2CN2CCCC2)cc1. The van der Waals surface area contributed by atoms with Crippen LogP contribution in [-0.4, -0.2) is 31.1 Å². The molecule has 1 aliphatic heterocycles. The first kappa shape index (κ1) is 16.5. The maximum atomic E-state index is 12.2. The molecule has 3 rings (SSSR count). The lowest BCUT2D eigenvalue weighted by Gasteiger charge is -2.17. The lowest BCUT2D eigenvalue weighted by molar-refractivity contribution is 0.0471. The van der Waals surface area contributed by atoms with E-state index >= 15 is 0 Å². The van der Waals surface area contributed by atoms with Gasteiger partial charge in [0.05, 0.1) is 12.7 Å². The van der Waals surface area contributed by atoms with Crippen LogP contribution in [0.1, 0.15) is 34.3 Å². The van der Waals surface area contributed by atoms with Crippen molar-refractivity contribution in [1.82, 2.24) is 4.90 Å². The summed E-state index contributed by atoms with van der Waals surface area (Å²) >= 11 is 0. The molecule has 0 spiro atoms. The van der Waals surface area contributed by atoms with Crippen LogP contribution in [0.3, 0.4) is 0 Å². The largest absolute Gasteiger partial charge is 0.497 e. The lowest BCUT2D eigenvalue weighted by atomic mass is 10.1. The van der Waals surface area contributed by atoms with Crippen LogP contribution < -0.4 is 4.74 Å². The van der Waals surface area contributed by atoms with E-state index in [1.165, 1.54) is 18.4 Å². The Morgan fingerprint density at radius 2 is 1.67 bits per heavy atom. The Morgan fingerprint density at radius 3 is 2.33 bits per heavy atom. The molecule has 0 radical (unpaired) electrons. The highest BCUT2D eigenvalue weighted by atomic mass is 16.5. The van der Waals surface area contributed by atoms with E-state index < -0.39 is 0 Å². The third-order valence-corrected chi connectivity index (χ3v) is 4.40. The molecule has 1 saturated heterocycles. The fourth-order valence-electron chi connectivity index (χ4n) is 2.99. The molecule has 0 aromatic heterocycles. The summed E-state index contributed by atoms with van der Waals surface area (Å²) in [6, 6.07) is 15.1. The Labute approximate surface area is 143 Å². The van der Waals surface area contributed by atoms with E-state index in [4.69, 9.17) is 9.47 Å². The predicted octanol–water partition coefficient (Wildman–Crippen LogP) is 3.65. The molecule has 0 aliphatic carbocycles. The van der Waals surface area contributed by atoms with Gasteiger partial charge in [0, 0.05) is 6.54 Å². The Balaban J connectivity index is 1.62. The normalized spacial score (nSPS) is 14.5. The molecular formula is C20H23NO3. The number of carbonyl (C=O) groups is 1. The summed E-state index contributed by atoms with van der Waals surface area (Å²) in [5, 5.41) is 0. The van der Waals surface area contributed by atoms with E-state index in [9.17, 15) is 4.79 Å². The van der Waals surface area contributed by atoms with Gasteiger partial charge in [-0.2, -0.15) is 0 Å². The second-order valence-corrected chi connectivity index (χ2v) is 6.06. The minimum absolute atomic E-state index is 0.300. The van der Waals surface area contributed by atoms with Gasteiger partial charge in [-0.1, -0.05) is 24.3 Å². The highest BCUT2D eigenvalue weighted by Gasteiger charge is 2.14. The van der Waals surface area contributed by atoms with Gasteiger partial charge in [-0.05, 0) is 61.3 Å². The average Bonchev–Trinajstić information content (AvgIpc) is 3.14. The number of carbonyl (C=O) groups excluding carboxylic acids is 1. The van der Waals surface area contributed by atoms with Crippen molar-refractivity contribution < 1.29 is 14.3 Å². The van der Waals surface area contributed by atoms with Crippen LogP contribution in [0, 0.1) is 0 Å². The molecule has 2 aromatic rings. The summed E-state index contributed by atoms with van der Waals surface area (Å²) in [5.41, 5.74) is 2.85. The van der Waals surface area contributed by atoms with Gasteiger partial charge in [0.1, 0.15) is 12.4 Å². The van der Waals surface area contributed by atoms with Crippen molar-refractivity contribution in [2.45, 2.75) is 26.0 Å². The molecule has 4 nitrogen and oxygen atoms in total. The van der Waals surface area contributed by atoms with Crippen LogP contribution >= 0.6 is 0 Å². The molecule has 24 heavy (non-hydrogen) atoms. The van der Waals surface area contributed by atoms with Gasteiger partial charge in [-0.15, -0.1) is 0 Å². The first-order valence-electron chi connectivity index (χ1n) is 8.36. The minimum atomic E-state index is -0.311. The lowest BCUT2D eigenvalue weighted by Crippen LogP contribution is -2.19. The van der Waals surface area contributed by atoms with Gasteiger partial charge in [0.15, 0.2) is 0 Å². The molecule has 0 N–H and O–H groups in total. The topological polar surface area (TPSA) is 38.8 Å². The number of benzene rings is 2. The second-order valence-electron chi connectivity index (χ2n) is 6.06. The number of nitrogens with zero attached hydrogens (tertiary/aromatic N) is 1. The molecule has 126 valence electrons. The third kappa shape index (κ3) is 4.15. The summed E-state index contributed by atoms with van der Waals surface area (Å²) in [6.45, 7) is 3.53. The smallest absolute Gasteiger partial charge is 0.338 e. The van der Waals surface area contributed by atoms with E-state index in [0.29, 0.717) is 12.2 Å². The number of methoxy groups -OCH3 is 1. The maximum Gasteiger partial charge on any atom is 0.338 e. The molecule has 0 amide bonds. The maximum absolute atomic E-state index is 12.2. The van der Waals surface area contributed by atoms with E-state index in [-0.39, 0.29) is 5.97 Å². The zero-order chi connectivity index (χ0) is 16.8. The molecule has 0 bridgehead atoms. The fraction of sp³-hybridized carbons (Fsp3) is 0.350. The monoisotopic (exact) mass is 325 g/mol. The molecule has 1 aliphatic rings. The summed E-state index contributed by atoms with van der Waals surface area (Å²) in [7, 11) is 1.60. The molecule has 4 heteroatoms. The molecule has 0 unspecified atom stereocenters. The van der Waals surface area contributed by atoms with Crippen LogP contribution in [0.5, 0.6) is 5.75 Å². The Morgan fingerprint density at radius 1 is 1.00 bits per heavy atom. The van der Waals surface area contributed by atoms with Crippen molar-refractivity contribution >= 4 is 5.97 Å². The standard InChI is InChI=1S/C20H23NO3/c1-23-19-10-8-16(9-11-19)20(22)24-15-18-7-3-2-6-17(18)14-21-12-4-5-13-21/h2-3,6-11H,4-5,12-15H2,1H3. The molecular weight excluding hydrogens is 302 g/mol. The van der Waals surface area contributed by atoms with Crippen LogP contribution in [0.2, 0.25) is 0 Å². The zero-order valence-corrected chi connectivity index (χ0v) is 14.0. The number of rotatable bonds is 6. The number of esters is 1. The number of ether oxygens (including phenoxy) is 2. The van der Waals surface area contributed by atoms with Crippen molar-refractivity contribution in [1.29, 1.82) is 0 Å². The van der Waals surface area contributed by atoms with Gasteiger partial charge >= 0.3 is 5.97 Å². The highest BCUT2D eigenvalue weighted by molar-refractivity contribution is 5.89. The van der Waals surface area contributed by atoms with Crippen LogP contribution in [0.4, 0.5) is 0 Å². The van der Waals surface area contributed by atoms with E-state index in [2.05, 4.69) is 11.0 Å². The van der Waals surface area contributed by atoms with Crippen LogP contribution in [0.15, 0.2) is 48.5 Å². The summed E-state index contributed by atoms with van der Waals surface area (Å²) in [5.74, 6) is 0.413. The summed E-state index contributed by atoms with van der Waals surface area (Å²) < 4.78 is 10.6. The Kier molecular flexibility index (Phi) is 5.49. The summed E-state index contributed by atoms with van der Waals surface area (Å²) in [4.78, 5) is 14.6. The van der Waals surface area contributed by atoms with Crippen molar-refractivity contribution in [2.24, 2.45) is 0 Å². The summed E-state index contributed by atoms with van der Waals surface area (Å²) in [6.07, 6.45) is 2.54. The zero-order valence-electron chi connectivity index (χ0n) is 14.0. The number of likely N-dealkylation sites (tertiary alicyclic amines) is 1. The number of hydrogen-bond acceptors (Lipinski definition) is 4. The van der Waals surface area contributed by atoms with E-state index in [1.54, 1.807) is 31.4 Å². The molecule has 1 heterocycles. The van der Waals surface area contributed by atoms with Gasteiger partial charge in [-0.3, -0.25) is 4.90 Å². The van der Waals surface area contributed by atoms with Gasteiger partial charge < -0.3 is 9.47 Å². The molecule has 1 fully saturated rings. The van der Waals surface area contributed by atoms with Crippen molar-refractivity contribution in [3.8, 4) is 5.75 Å².